The van der Waals surface area contributed by atoms with E-state index in [1.807, 2.05) is 0 Å². The second-order valence-electron chi connectivity index (χ2n) is 5.81. The first-order valence-corrected chi connectivity index (χ1v) is 9.89. The van der Waals surface area contributed by atoms with Crippen molar-refractivity contribution in [2.24, 2.45) is 0 Å². The SMILES string of the molecule is CC(Br)OC(=O)C1=C(C(=O)O)N2C(=O)C(NC(=O)c3ccccc3)[C@H]2SC1. The van der Waals surface area contributed by atoms with E-state index in [4.69, 9.17) is 4.74 Å². The number of fused-ring (bicyclic) bond motifs is 1. The van der Waals surface area contributed by atoms with Crippen LogP contribution in [0.1, 0.15) is 17.3 Å². The molecule has 0 saturated carbocycles. The maximum atomic E-state index is 12.5. The largest absolute Gasteiger partial charge is 0.477 e. The Morgan fingerprint density at radius 3 is 2.59 bits per heavy atom. The molecule has 8 nitrogen and oxygen atoms in total. The van der Waals surface area contributed by atoms with Gasteiger partial charge in [0.05, 0.1) is 5.57 Å². The van der Waals surface area contributed by atoms with Crippen LogP contribution in [-0.2, 0) is 19.1 Å². The number of carbonyl (C=O) groups excluding carboxylic acids is 3. The second kappa shape index (κ2) is 7.73. The number of benzene rings is 1. The lowest BCUT2D eigenvalue weighted by molar-refractivity contribution is -0.149. The quantitative estimate of drug-likeness (QED) is 0.391. The summed E-state index contributed by atoms with van der Waals surface area (Å²) in [6.07, 6.45) is 0. The average Bonchev–Trinajstić information content (AvgIpc) is 2.64. The third-order valence-electron chi connectivity index (χ3n) is 4.01. The summed E-state index contributed by atoms with van der Waals surface area (Å²) in [6, 6.07) is 7.54. The number of ether oxygens (including phenoxy) is 1. The summed E-state index contributed by atoms with van der Waals surface area (Å²) in [5.74, 6) is -3.13. The van der Waals surface area contributed by atoms with Crippen LogP contribution in [0.4, 0.5) is 0 Å². The lowest BCUT2D eigenvalue weighted by atomic mass is 10.0. The van der Waals surface area contributed by atoms with Crippen molar-refractivity contribution in [3.63, 3.8) is 0 Å². The Morgan fingerprint density at radius 2 is 2.00 bits per heavy atom. The van der Waals surface area contributed by atoms with Gasteiger partial charge in [0.1, 0.15) is 17.1 Å². The highest BCUT2D eigenvalue weighted by Crippen LogP contribution is 2.40. The number of aliphatic carboxylic acids is 1. The van der Waals surface area contributed by atoms with Gasteiger partial charge in [0, 0.05) is 11.3 Å². The molecule has 2 unspecified atom stereocenters. The molecule has 3 rings (SSSR count). The summed E-state index contributed by atoms with van der Waals surface area (Å²) < 4.78 is 5.00. The van der Waals surface area contributed by atoms with Crippen LogP contribution < -0.4 is 5.32 Å². The number of hydrogen-bond acceptors (Lipinski definition) is 6. The van der Waals surface area contributed by atoms with E-state index in [2.05, 4.69) is 21.2 Å². The molecule has 1 aromatic rings. The molecule has 10 heteroatoms. The monoisotopic (exact) mass is 454 g/mol. The van der Waals surface area contributed by atoms with Crippen molar-refractivity contribution in [1.29, 1.82) is 0 Å². The lowest BCUT2D eigenvalue weighted by Gasteiger charge is -2.49. The van der Waals surface area contributed by atoms with Crippen LogP contribution in [-0.4, -0.2) is 55.9 Å². The summed E-state index contributed by atoms with van der Waals surface area (Å²) >= 11 is 4.26. The summed E-state index contributed by atoms with van der Waals surface area (Å²) in [7, 11) is 0. The lowest BCUT2D eigenvalue weighted by Crippen LogP contribution is -2.70. The molecular weight excluding hydrogens is 440 g/mol. The van der Waals surface area contributed by atoms with Crippen molar-refractivity contribution in [3.05, 3.63) is 47.2 Å². The van der Waals surface area contributed by atoms with E-state index in [0.717, 1.165) is 4.90 Å². The van der Waals surface area contributed by atoms with E-state index in [1.165, 1.54) is 11.8 Å². The standard InChI is InChI=1S/C17H15BrN2O6S/c1-8(18)26-17(25)10-7-27-15-11(14(22)20(15)12(10)16(23)24)19-13(21)9-5-3-2-4-6-9/h2-6,8,11,15H,7H2,1H3,(H,19,21)(H,23,24)/t8?,11?,15-/m1/s1. The maximum absolute atomic E-state index is 12.5. The first-order chi connectivity index (χ1) is 12.8. The van der Waals surface area contributed by atoms with E-state index in [-0.39, 0.29) is 11.3 Å². The first-order valence-electron chi connectivity index (χ1n) is 7.93. The van der Waals surface area contributed by atoms with Gasteiger partial charge in [-0.2, -0.15) is 0 Å². The fourth-order valence-electron chi connectivity index (χ4n) is 2.81. The predicted octanol–water partition coefficient (Wildman–Crippen LogP) is 1.32. The van der Waals surface area contributed by atoms with Crippen LogP contribution in [0, 0.1) is 0 Å². The number of esters is 1. The number of carbonyl (C=O) groups is 4. The van der Waals surface area contributed by atoms with Crippen LogP contribution in [0.3, 0.4) is 0 Å². The number of halogens is 1. The van der Waals surface area contributed by atoms with Crippen LogP contribution in [0.5, 0.6) is 0 Å². The molecule has 2 heterocycles. The smallest absolute Gasteiger partial charge is 0.353 e. The molecule has 2 amide bonds. The molecular formula is C17H15BrN2O6S. The van der Waals surface area contributed by atoms with E-state index in [0.29, 0.717) is 5.56 Å². The zero-order valence-corrected chi connectivity index (χ0v) is 16.5. The summed E-state index contributed by atoms with van der Waals surface area (Å²) in [5, 5.41) is 11.0. The Kier molecular flexibility index (Phi) is 5.56. The first kappa shape index (κ1) is 19.4. The van der Waals surface area contributed by atoms with Gasteiger partial charge in [-0.1, -0.05) is 18.2 Å². The van der Waals surface area contributed by atoms with Gasteiger partial charge in [0.25, 0.3) is 11.8 Å². The molecule has 0 bridgehead atoms. The van der Waals surface area contributed by atoms with E-state index in [1.54, 1.807) is 37.3 Å². The van der Waals surface area contributed by atoms with E-state index < -0.39 is 45.9 Å². The van der Waals surface area contributed by atoms with Gasteiger partial charge in [-0.15, -0.1) is 11.8 Å². The number of hydrogen-bond donors (Lipinski definition) is 2. The fourth-order valence-corrected chi connectivity index (χ4v) is 4.31. The number of nitrogens with one attached hydrogen (secondary N) is 1. The molecule has 1 aromatic carbocycles. The van der Waals surface area contributed by atoms with Crippen molar-refractivity contribution in [2.45, 2.75) is 23.4 Å². The van der Waals surface area contributed by atoms with Gasteiger partial charge in [0.2, 0.25) is 0 Å². The minimum atomic E-state index is -1.39. The Morgan fingerprint density at radius 1 is 1.33 bits per heavy atom. The Bertz CT molecular complexity index is 841. The summed E-state index contributed by atoms with van der Waals surface area (Å²) in [6.45, 7) is 1.57. The van der Waals surface area contributed by atoms with Gasteiger partial charge in [-0.25, -0.2) is 9.59 Å². The fraction of sp³-hybridized carbons (Fsp3) is 0.294. The number of thioether (sulfide) groups is 1. The van der Waals surface area contributed by atoms with Crippen LogP contribution in [0.15, 0.2) is 41.6 Å². The van der Waals surface area contributed by atoms with Crippen molar-refractivity contribution >= 4 is 51.4 Å². The van der Waals surface area contributed by atoms with Crippen LogP contribution in [0.2, 0.25) is 0 Å². The topological polar surface area (TPSA) is 113 Å². The van der Waals surface area contributed by atoms with Crippen molar-refractivity contribution in [3.8, 4) is 0 Å². The number of nitrogens with zero attached hydrogens (tertiary/aromatic N) is 1. The summed E-state index contributed by atoms with van der Waals surface area (Å²) in [4.78, 5) is 49.6. The molecule has 0 aromatic heterocycles. The van der Waals surface area contributed by atoms with Gasteiger partial charge < -0.3 is 15.2 Å². The minimum Gasteiger partial charge on any atom is -0.477 e. The Balaban J connectivity index is 1.80. The Labute approximate surface area is 167 Å². The number of amides is 2. The highest BCUT2D eigenvalue weighted by Gasteiger charge is 2.55. The highest BCUT2D eigenvalue weighted by atomic mass is 79.9. The molecule has 0 radical (unpaired) electrons. The van der Waals surface area contributed by atoms with Gasteiger partial charge in [-0.3, -0.25) is 14.5 Å². The zero-order chi connectivity index (χ0) is 19.7. The molecule has 2 aliphatic heterocycles. The molecule has 142 valence electrons. The minimum absolute atomic E-state index is 0.0618. The molecule has 1 fully saturated rings. The third kappa shape index (κ3) is 3.72. The molecule has 0 spiro atoms. The number of alkyl halides is 1. The average molecular weight is 455 g/mol. The van der Waals surface area contributed by atoms with Crippen LogP contribution >= 0.6 is 27.7 Å². The van der Waals surface area contributed by atoms with Gasteiger partial charge in [0.15, 0.2) is 5.01 Å². The molecule has 2 N–H and O–H groups in total. The van der Waals surface area contributed by atoms with E-state index >= 15 is 0 Å². The molecule has 1 saturated heterocycles. The number of rotatable bonds is 5. The second-order valence-corrected chi connectivity index (χ2v) is 8.20. The van der Waals surface area contributed by atoms with Crippen molar-refractivity contribution in [1.82, 2.24) is 10.2 Å². The van der Waals surface area contributed by atoms with Gasteiger partial charge in [-0.05, 0) is 35.0 Å². The maximum Gasteiger partial charge on any atom is 0.353 e. The zero-order valence-electron chi connectivity index (χ0n) is 14.0. The molecule has 2 aliphatic rings. The predicted molar refractivity (Wildman–Crippen MR) is 99.9 cm³/mol. The van der Waals surface area contributed by atoms with Gasteiger partial charge >= 0.3 is 11.9 Å². The number of carboxylic acids is 1. The van der Waals surface area contributed by atoms with Crippen molar-refractivity contribution < 1.29 is 29.0 Å². The molecule has 3 atom stereocenters. The van der Waals surface area contributed by atoms with Crippen molar-refractivity contribution in [2.75, 3.05) is 5.75 Å². The van der Waals surface area contributed by atoms with E-state index in [9.17, 15) is 24.3 Å². The highest BCUT2D eigenvalue weighted by molar-refractivity contribution is 9.09. The molecule has 27 heavy (non-hydrogen) atoms. The third-order valence-corrected chi connectivity index (χ3v) is 5.48. The number of carboxylic acid groups (broad SMARTS) is 1. The normalized spacial score (nSPS) is 22.4. The Hall–Kier alpha value is -2.33. The van der Waals surface area contributed by atoms with Crippen LogP contribution in [0.25, 0.3) is 0 Å². The molecule has 0 aliphatic carbocycles. The summed E-state index contributed by atoms with van der Waals surface area (Å²) in [5.41, 5.74) is -0.0857. The number of β-lactam (4-membered cyclic amide) rings is 1.